The number of nitrogens with two attached hydrogens (primary N) is 1. The molecule has 1 heterocycles. The van der Waals surface area contributed by atoms with Crippen LogP contribution in [0.1, 0.15) is 74.3 Å². The SMILES string of the molecule is NC(c1ccccc1)c1nnc(C2CCCCCCC2)o1. The zero-order chi connectivity index (χ0) is 14.5. The topological polar surface area (TPSA) is 64.9 Å². The fourth-order valence-corrected chi connectivity index (χ4v) is 3.04. The molecule has 1 atom stereocenters. The summed E-state index contributed by atoms with van der Waals surface area (Å²) in [6, 6.07) is 9.57. The largest absolute Gasteiger partial charge is 0.423 e. The van der Waals surface area contributed by atoms with Gasteiger partial charge in [0, 0.05) is 5.92 Å². The lowest BCUT2D eigenvalue weighted by molar-refractivity contribution is 0.358. The first-order valence-corrected chi connectivity index (χ1v) is 7.98. The van der Waals surface area contributed by atoms with Gasteiger partial charge in [0.05, 0.1) is 0 Å². The molecule has 0 spiro atoms. The molecule has 4 nitrogen and oxygen atoms in total. The zero-order valence-corrected chi connectivity index (χ0v) is 12.4. The van der Waals surface area contributed by atoms with E-state index in [0.29, 0.717) is 11.8 Å². The highest BCUT2D eigenvalue weighted by atomic mass is 16.4. The molecule has 21 heavy (non-hydrogen) atoms. The van der Waals surface area contributed by atoms with Gasteiger partial charge < -0.3 is 10.2 Å². The van der Waals surface area contributed by atoms with Crippen LogP contribution >= 0.6 is 0 Å². The normalized spacial score (nSPS) is 18.9. The molecule has 1 aromatic carbocycles. The molecule has 112 valence electrons. The molecule has 0 saturated heterocycles. The Bertz CT molecular complexity index is 544. The van der Waals surface area contributed by atoms with Gasteiger partial charge in [0.15, 0.2) is 0 Å². The van der Waals surface area contributed by atoms with Crippen molar-refractivity contribution >= 4 is 0 Å². The summed E-state index contributed by atoms with van der Waals surface area (Å²) in [6.45, 7) is 0. The first kappa shape index (κ1) is 14.3. The Hall–Kier alpha value is -1.68. The van der Waals surface area contributed by atoms with E-state index in [0.717, 1.165) is 24.3 Å². The number of benzene rings is 1. The van der Waals surface area contributed by atoms with E-state index in [1.807, 2.05) is 30.3 Å². The van der Waals surface area contributed by atoms with Crippen molar-refractivity contribution in [2.75, 3.05) is 0 Å². The molecule has 1 aromatic heterocycles. The third-order valence-electron chi connectivity index (χ3n) is 4.34. The van der Waals surface area contributed by atoms with E-state index < -0.39 is 0 Å². The van der Waals surface area contributed by atoms with Gasteiger partial charge in [0.1, 0.15) is 6.04 Å². The number of nitrogens with zero attached hydrogens (tertiary/aromatic N) is 2. The molecule has 1 saturated carbocycles. The Morgan fingerprint density at radius 1 is 0.952 bits per heavy atom. The fourth-order valence-electron chi connectivity index (χ4n) is 3.04. The minimum Gasteiger partial charge on any atom is -0.423 e. The molecule has 2 aromatic rings. The second kappa shape index (κ2) is 6.85. The second-order valence-corrected chi connectivity index (χ2v) is 5.91. The molecular weight excluding hydrogens is 262 g/mol. The maximum atomic E-state index is 6.22. The van der Waals surface area contributed by atoms with Gasteiger partial charge in [0.2, 0.25) is 11.8 Å². The van der Waals surface area contributed by atoms with Crippen molar-refractivity contribution in [3.8, 4) is 0 Å². The van der Waals surface area contributed by atoms with E-state index in [1.165, 1.54) is 32.1 Å². The van der Waals surface area contributed by atoms with Crippen LogP contribution in [0.25, 0.3) is 0 Å². The van der Waals surface area contributed by atoms with E-state index >= 15 is 0 Å². The number of hydrogen-bond acceptors (Lipinski definition) is 4. The number of aromatic nitrogens is 2. The lowest BCUT2D eigenvalue weighted by Crippen LogP contribution is -2.12. The highest BCUT2D eigenvalue weighted by Gasteiger charge is 2.22. The molecule has 1 aliphatic rings. The van der Waals surface area contributed by atoms with Crippen LogP contribution in [0.3, 0.4) is 0 Å². The van der Waals surface area contributed by atoms with Crippen molar-refractivity contribution in [1.82, 2.24) is 10.2 Å². The van der Waals surface area contributed by atoms with Crippen LogP contribution in [0.15, 0.2) is 34.7 Å². The average Bonchev–Trinajstić information content (AvgIpc) is 2.97. The Balaban J connectivity index is 1.73. The van der Waals surface area contributed by atoms with Crippen molar-refractivity contribution in [3.63, 3.8) is 0 Å². The van der Waals surface area contributed by atoms with Crippen molar-refractivity contribution in [3.05, 3.63) is 47.7 Å². The van der Waals surface area contributed by atoms with Crippen molar-refractivity contribution in [2.24, 2.45) is 5.73 Å². The molecule has 3 rings (SSSR count). The van der Waals surface area contributed by atoms with Crippen LogP contribution in [0, 0.1) is 0 Å². The maximum absolute atomic E-state index is 6.22. The highest BCUT2D eigenvalue weighted by molar-refractivity contribution is 5.22. The first-order valence-electron chi connectivity index (χ1n) is 7.98. The second-order valence-electron chi connectivity index (χ2n) is 5.91. The van der Waals surface area contributed by atoms with Crippen molar-refractivity contribution in [1.29, 1.82) is 0 Å². The van der Waals surface area contributed by atoms with Crippen LogP contribution in [0.2, 0.25) is 0 Å². The summed E-state index contributed by atoms with van der Waals surface area (Å²) in [5, 5.41) is 8.44. The van der Waals surface area contributed by atoms with Gasteiger partial charge in [-0.1, -0.05) is 62.4 Å². The van der Waals surface area contributed by atoms with Crippen LogP contribution in [0.4, 0.5) is 0 Å². The minimum atomic E-state index is -0.332. The summed E-state index contributed by atoms with van der Waals surface area (Å²) in [5.41, 5.74) is 7.22. The van der Waals surface area contributed by atoms with Crippen LogP contribution in [0.5, 0.6) is 0 Å². The van der Waals surface area contributed by atoms with Gasteiger partial charge in [0.25, 0.3) is 0 Å². The summed E-state index contributed by atoms with van der Waals surface area (Å²) >= 11 is 0. The lowest BCUT2D eigenvalue weighted by Gasteiger charge is -2.15. The van der Waals surface area contributed by atoms with Crippen LogP contribution < -0.4 is 5.73 Å². The number of hydrogen-bond donors (Lipinski definition) is 1. The molecule has 1 aliphatic carbocycles. The van der Waals surface area contributed by atoms with E-state index in [4.69, 9.17) is 10.2 Å². The van der Waals surface area contributed by atoms with E-state index in [9.17, 15) is 0 Å². The van der Waals surface area contributed by atoms with Gasteiger partial charge in [-0.3, -0.25) is 0 Å². The molecule has 0 radical (unpaired) electrons. The molecule has 0 bridgehead atoms. The van der Waals surface area contributed by atoms with E-state index in [-0.39, 0.29) is 6.04 Å². The predicted molar refractivity (Wildman–Crippen MR) is 81.8 cm³/mol. The predicted octanol–water partition coefficient (Wildman–Crippen LogP) is 3.95. The summed E-state index contributed by atoms with van der Waals surface area (Å²) in [7, 11) is 0. The van der Waals surface area contributed by atoms with Gasteiger partial charge in [-0.2, -0.15) is 0 Å². The molecular formula is C17H23N3O. The van der Waals surface area contributed by atoms with Crippen molar-refractivity contribution in [2.45, 2.75) is 56.9 Å². The number of rotatable bonds is 3. The third-order valence-corrected chi connectivity index (χ3v) is 4.34. The first-order chi connectivity index (χ1) is 10.3. The monoisotopic (exact) mass is 285 g/mol. The lowest BCUT2D eigenvalue weighted by atomic mass is 9.91. The van der Waals surface area contributed by atoms with Crippen LogP contribution in [-0.2, 0) is 0 Å². The van der Waals surface area contributed by atoms with Gasteiger partial charge in [-0.15, -0.1) is 10.2 Å². The highest BCUT2D eigenvalue weighted by Crippen LogP contribution is 2.31. The average molecular weight is 285 g/mol. The molecule has 1 unspecified atom stereocenters. The minimum absolute atomic E-state index is 0.332. The quantitative estimate of drug-likeness (QED) is 0.927. The van der Waals surface area contributed by atoms with Gasteiger partial charge in [-0.25, -0.2) is 0 Å². The summed E-state index contributed by atoms with van der Waals surface area (Å²) in [5.74, 6) is 1.71. The Kier molecular flexibility index (Phi) is 4.65. The smallest absolute Gasteiger partial charge is 0.237 e. The molecule has 2 N–H and O–H groups in total. The summed E-state index contributed by atoms with van der Waals surface area (Å²) < 4.78 is 5.89. The molecule has 0 amide bonds. The fraction of sp³-hybridized carbons (Fsp3) is 0.529. The maximum Gasteiger partial charge on any atom is 0.237 e. The zero-order valence-electron chi connectivity index (χ0n) is 12.4. The van der Waals surface area contributed by atoms with Gasteiger partial charge >= 0.3 is 0 Å². The van der Waals surface area contributed by atoms with E-state index in [1.54, 1.807) is 0 Å². The molecule has 1 fully saturated rings. The molecule has 4 heteroatoms. The molecule has 0 aliphatic heterocycles. The Morgan fingerprint density at radius 3 is 2.33 bits per heavy atom. The van der Waals surface area contributed by atoms with Gasteiger partial charge in [-0.05, 0) is 18.4 Å². The van der Waals surface area contributed by atoms with Crippen molar-refractivity contribution < 1.29 is 4.42 Å². The summed E-state index contributed by atoms with van der Waals surface area (Å²) in [4.78, 5) is 0. The summed E-state index contributed by atoms with van der Waals surface area (Å²) in [6.07, 6.45) is 8.83. The standard InChI is InChI=1S/C17H23N3O/c18-15(13-9-7-4-8-10-13)17-20-19-16(21-17)14-11-5-2-1-3-6-12-14/h4,7-10,14-15H,1-3,5-6,11-12,18H2. The Morgan fingerprint density at radius 2 is 1.62 bits per heavy atom. The third kappa shape index (κ3) is 3.50. The Labute approximate surface area is 125 Å². The van der Waals surface area contributed by atoms with E-state index in [2.05, 4.69) is 10.2 Å². The van der Waals surface area contributed by atoms with Crippen LogP contribution in [-0.4, -0.2) is 10.2 Å².